The van der Waals surface area contributed by atoms with E-state index in [9.17, 15) is 29.4 Å². The van der Waals surface area contributed by atoms with E-state index < -0.39 is 92.4 Å². The zero-order chi connectivity index (χ0) is 42.1. The Morgan fingerprint density at radius 2 is 1.00 bits per heavy atom. The number of esters is 2. The van der Waals surface area contributed by atoms with Crippen LogP contribution in [0.2, 0.25) is 0 Å². The lowest BCUT2D eigenvalue weighted by Crippen LogP contribution is -2.89. The lowest BCUT2D eigenvalue weighted by molar-refractivity contribution is -0.241. The standard InChI is InChI=1S/C46H52N4O11/c1-57-35(51)41(55)23-39-15-9-21-47-31-29(45(33(39)47)25-11-5-7-13-27(25)49(37(53)59-3)43(41,45)19-17-39)30-32(61-31)48-22-10-16-40-18-20-44(42(56,24-40)36(52)58-2)46(30,34(40)48)26-12-6-8-14-28(26)50(44)38(54)60-4/h5-8,11-14,29-34,55-56H,9-10,15-24H2,1-4H3/t29-,30-,31+,32+,33+,34+,39-,40-,41-,42-,43-,44-,45+,46+/m1/s1. The van der Waals surface area contributed by atoms with Crippen molar-refractivity contribution in [2.24, 2.45) is 22.7 Å². The van der Waals surface area contributed by atoms with Crippen LogP contribution >= 0.6 is 0 Å². The zero-order valence-corrected chi connectivity index (χ0v) is 34.9. The third-order valence-corrected chi connectivity index (χ3v) is 19.5. The predicted molar refractivity (Wildman–Crippen MR) is 213 cm³/mol. The first-order chi connectivity index (χ1) is 29.4. The number of piperidine rings is 2. The number of carbonyl (C=O) groups excluding carboxylic acids is 4. The summed E-state index contributed by atoms with van der Waals surface area (Å²) < 4.78 is 30.4. The average Bonchev–Trinajstić information content (AvgIpc) is 4.04. The molecule has 6 aliphatic carbocycles. The van der Waals surface area contributed by atoms with E-state index in [0.717, 1.165) is 36.8 Å². The van der Waals surface area contributed by atoms with Crippen molar-refractivity contribution in [2.75, 3.05) is 51.3 Å². The molecular weight excluding hydrogens is 785 g/mol. The quantitative estimate of drug-likeness (QED) is 0.334. The van der Waals surface area contributed by atoms with Gasteiger partial charge >= 0.3 is 24.1 Å². The summed E-state index contributed by atoms with van der Waals surface area (Å²) >= 11 is 0. The van der Waals surface area contributed by atoms with Crippen LogP contribution in [0.1, 0.15) is 75.3 Å². The van der Waals surface area contributed by atoms with Gasteiger partial charge in [0.15, 0.2) is 11.2 Å². The van der Waals surface area contributed by atoms with Gasteiger partial charge in [0.1, 0.15) is 23.5 Å². The number of methoxy groups -OCH3 is 4. The van der Waals surface area contributed by atoms with Crippen LogP contribution in [-0.2, 0) is 44.1 Å². The average molecular weight is 837 g/mol. The lowest BCUT2D eigenvalue weighted by Gasteiger charge is -2.74. The molecule has 2 amide bonds. The summed E-state index contributed by atoms with van der Waals surface area (Å²) in [6.45, 7) is 1.40. The second kappa shape index (κ2) is 11.1. The van der Waals surface area contributed by atoms with Crippen LogP contribution in [0, 0.1) is 22.7 Å². The second-order valence-electron chi connectivity index (χ2n) is 20.3. The van der Waals surface area contributed by atoms with Gasteiger partial charge < -0.3 is 33.9 Å². The summed E-state index contributed by atoms with van der Waals surface area (Å²) in [5, 5.41) is 27.6. The number of benzene rings is 2. The first kappa shape index (κ1) is 37.3. The van der Waals surface area contributed by atoms with Gasteiger partial charge in [-0.05, 0) is 98.3 Å². The van der Waals surface area contributed by atoms with E-state index in [4.69, 9.17) is 23.7 Å². The van der Waals surface area contributed by atoms with Crippen molar-refractivity contribution in [3.63, 3.8) is 0 Å². The summed E-state index contributed by atoms with van der Waals surface area (Å²) in [5.41, 5.74) is -8.24. The number of para-hydroxylation sites is 2. The zero-order valence-electron chi connectivity index (χ0n) is 34.9. The Hall–Kier alpha value is -4.28. The van der Waals surface area contributed by atoms with E-state index >= 15 is 0 Å². The van der Waals surface area contributed by atoms with E-state index in [0.29, 0.717) is 50.1 Å². The van der Waals surface area contributed by atoms with Gasteiger partial charge in [0, 0.05) is 47.8 Å². The highest BCUT2D eigenvalue weighted by atomic mass is 16.6. The van der Waals surface area contributed by atoms with Crippen molar-refractivity contribution in [3.05, 3.63) is 59.7 Å². The number of nitrogens with zero attached hydrogens (tertiary/aromatic N) is 4. The molecule has 0 radical (unpaired) electrons. The fourth-order valence-electron chi connectivity index (χ4n) is 18.9. The number of aliphatic hydroxyl groups is 2. The molecule has 5 saturated heterocycles. The van der Waals surface area contributed by atoms with E-state index in [1.165, 1.54) is 28.4 Å². The molecule has 322 valence electrons. The molecular formula is C46H52N4O11. The maximum absolute atomic E-state index is 14.8. The Morgan fingerprint density at radius 3 is 1.39 bits per heavy atom. The second-order valence-corrected chi connectivity index (χ2v) is 20.3. The molecule has 15 heteroatoms. The summed E-state index contributed by atoms with van der Waals surface area (Å²) in [5.74, 6) is -2.70. The molecule has 11 fully saturated rings. The molecule has 61 heavy (non-hydrogen) atoms. The van der Waals surface area contributed by atoms with E-state index in [-0.39, 0.29) is 24.9 Å². The Balaban J connectivity index is 1.19. The van der Waals surface area contributed by atoms with Gasteiger partial charge in [-0.1, -0.05) is 36.4 Å². The minimum absolute atomic E-state index is 0.0958. The third-order valence-electron chi connectivity index (χ3n) is 19.5. The van der Waals surface area contributed by atoms with E-state index in [1.807, 2.05) is 36.4 Å². The number of rotatable bonds is 2. The minimum atomic E-state index is -2.17. The van der Waals surface area contributed by atoms with Crippen LogP contribution < -0.4 is 9.80 Å². The highest BCUT2D eigenvalue weighted by Crippen LogP contribution is 2.86. The highest BCUT2D eigenvalue weighted by Gasteiger charge is 2.97. The smallest absolute Gasteiger partial charge is 0.414 e. The van der Waals surface area contributed by atoms with Crippen molar-refractivity contribution in [2.45, 2.75) is 122 Å². The topological polar surface area (TPSA) is 168 Å². The number of hydrogen-bond acceptors (Lipinski definition) is 13. The van der Waals surface area contributed by atoms with Gasteiger partial charge in [-0.2, -0.15) is 0 Å². The first-order valence-electron chi connectivity index (χ1n) is 22.1. The first-order valence-corrected chi connectivity index (χ1v) is 22.1. The molecule has 6 saturated carbocycles. The van der Waals surface area contributed by atoms with Crippen molar-refractivity contribution in [1.29, 1.82) is 0 Å². The van der Waals surface area contributed by atoms with E-state index in [2.05, 4.69) is 21.9 Å². The van der Waals surface area contributed by atoms with Crippen LogP contribution in [0.25, 0.3) is 0 Å². The van der Waals surface area contributed by atoms with Gasteiger partial charge in [-0.25, -0.2) is 19.2 Å². The molecule has 0 unspecified atom stereocenters. The molecule has 6 spiro atoms. The van der Waals surface area contributed by atoms with Crippen LogP contribution in [0.3, 0.4) is 0 Å². The molecule has 2 aromatic rings. The minimum Gasteiger partial charge on any atom is -0.467 e. The summed E-state index contributed by atoms with van der Waals surface area (Å²) in [6, 6.07) is 15.0. The lowest BCUT2D eigenvalue weighted by atomic mass is 9.32. The molecule has 14 atom stereocenters. The summed E-state index contributed by atoms with van der Waals surface area (Å²) in [4.78, 5) is 67.4. The van der Waals surface area contributed by atoms with Crippen molar-refractivity contribution in [1.82, 2.24) is 9.80 Å². The fourth-order valence-corrected chi connectivity index (χ4v) is 18.9. The van der Waals surface area contributed by atoms with Gasteiger partial charge in [0.25, 0.3) is 0 Å². The number of hydrogen-bond donors (Lipinski definition) is 2. The molecule has 7 aliphatic heterocycles. The van der Waals surface area contributed by atoms with Gasteiger partial charge in [-0.15, -0.1) is 0 Å². The molecule has 13 aliphatic rings. The largest absolute Gasteiger partial charge is 0.467 e. The Morgan fingerprint density at radius 1 is 0.590 bits per heavy atom. The molecule has 0 aromatic heterocycles. The predicted octanol–water partition coefficient (Wildman–Crippen LogP) is 3.56. The van der Waals surface area contributed by atoms with Crippen LogP contribution in [0.15, 0.2) is 48.5 Å². The van der Waals surface area contributed by atoms with Gasteiger partial charge in [-0.3, -0.25) is 19.6 Å². The number of ether oxygens (including phenoxy) is 5. The third kappa shape index (κ3) is 3.27. The highest BCUT2D eigenvalue weighted by molar-refractivity contribution is 6.01. The van der Waals surface area contributed by atoms with Crippen LogP contribution in [0.5, 0.6) is 0 Å². The molecule has 4 bridgehead atoms. The fraction of sp³-hybridized carbons (Fsp3) is 0.652. The van der Waals surface area contributed by atoms with Crippen LogP contribution in [0.4, 0.5) is 21.0 Å². The van der Waals surface area contributed by atoms with Crippen molar-refractivity contribution in [3.8, 4) is 0 Å². The molecule has 15 nitrogen and oxygen atoms in total. The number of amides is 2. The van der Waals surface area contributed by atoms with Crippen molar-refractivity contribution < 1.29 is 53.1 Å². The molecule has 7 heterocycles. The van der Waals surface area contributed by atoms with Crippen molar-refractivity contribution >= 4 is 35.5 Å². The normalized spacial score (nSPS) is 48.2. The van der Waals surface area contributed by atoms with Gasteiger partial charge in [0.2, 0.25) is 0 Å². The number of anilines is 2. The monoisotopic (exact) mass is 836 g/mol. The van der Waals surface area contributed by atoms with E-state index in [1.54, 1.807) is 9.80 Å². The van der Waals surface area contributed by atoms with Crippen LogP contribution in [-0.4, -0.2) is 132 Å². The molecule has 2 N–H and O–H groups in total. The maximum atomic E-state index is 14.8. The number of carbonyl (C=O) groups is 4. The maximum Gasteiger partial charge on any atom is 0.414 e. The number of fused-ring (bicyclic) bond motifs is 11. The summed E-state index contributed by atoms with van der Waals surface area (Å²) in [7, 11) is 5.26. The molecule has 15 rings (SSSR count). The SMILES string of the molecule is COC(=O)N1c2ccccc2[C@@]23[C@@H]4[C@@H]5[C@H](O[C@@H]4N4CCC[C@]6(CC[C@]12[C@](O)(C(=O)OC)C6)[C@H]43)N1CCC[C@]23CC[C@@]4(N(C(=O)OC)c6ccccc6[C@@]54[C@@H]12)[C@](O)(C(=O)OC)C3. The Bertz CT molecular complexity index is 2240. The van der Waals surface area contributed by atoms with Gasteiger partial charge in [0.05, 0.1) is 39.8 Å². The summed E-state index contributed by atoms with van der Waals surface area (Å²) in [6.07, 6.45) is 2.74. The molecule has 2 aromatic carbocycles. The Labute approximate surface area is 353 Å². The Kier molecular flexibility index (Phi) is 6.77.